The molecule has 32 heavy (non-hydrogen) atoms. The second-order valence-electron chi connectivity index (χ2n) is 6.64. The van der Waals surface area contributed by atoms with Crippen LogP contribution in [0.25, 0.3) is 6.08 Å². The van der Waals surface area contributed by atoms with E-state index < -0.39 is 5.91 Å². The van der Waals surface area contributed by atoms with Crippen LogP contribution in [-0.2, 0) is 11.4 Å². The van der Waals surface area contributed by atoms with Gasteiger partial charge in [-0.05, 0) is 54.1 Å². The van der Waals surface area contributed by atoms with Crippen molar-refractivity contribution in [2.75, 3.05) is 19.5 Å². The normalized spacial score (nSPS) is 10.8. The minimum absolute atomic E-state index is 0.0337. The number of hydrogen-bond acceptors (Lipinski definition) is 5. The summed E-state index contributed by atoms with van der Waals surface area (Å²) in [4.78, 5) is 12.5. The molecule has 1 amide bonds. The van der Waals surface area contributed by atoms with Crippen LogP contribution >= 0.6 is 0 Å². The largest absolute Gasteiger partial charge is 0.497 e. The molecule has 7 heteroatoms. The first-order valence-electron chi connectivity index (χ1n) is 9.65. The Bertz CT molecular complexity index is 1170. The van der Waals surface area contributed by atoms with Crippen molar-refractivity contribution in [1.29, 1.82) is 5.26 Å². The molecule has 0 heterocycles. The van der Waals surface area contributed by atoms with Crippen LogP contribution in [0.15, 0.2) is 72.3 Å². The highest BCUT2D eigenvalue weighted by atomic mass is 19.1. The van der Waals surface area contributed by atoms with Gasteiger partial charge in [-0.15, -0.1) is 0 Å². The molecule has 6 nitrogen and oxygen atoms in total. The van der Waals surface area contributed by atoms with Crippen LogP contribution in [0.2, 0.25) is 0 Å². The third-order valence-electron chi connectivity index (χ3n) is 4.55. The molecule has 3 rings (SSSR count). The van der Waals surface area contributed by atoms with E-state index in [-0.39, 0.29) is 18.0 Å². The maximum absolute atomic E-state index is 13.8. The van der Waals surface area contributed by atoms with Gasteiger partial charge in [-0.2, -0.15) is 5.26 Å². The number of halogens is 1. The Hall–Kier alpha value is -4.31. The number of nitriles is 1. The van der Waals surface area contributed by atoms with Gasteiger partial charge in [0.25, 0.3) is 5.91 Å². The molecule has 0 saturated heterocycles. The van der Waals surface area contributed by atoms with E-state index in [1.165, 1.54) is 19.3 Å². The first-order chi connectivity index (χ1) is 15.5. The van der Waals surface area contributed by atoms with Crippen LogP contribution < -0.4 is 19.5 Å². The van der Waals surface area contributed by atoms with Crippen molar-refractivity contribution in [3.8, 4) is 23.3 Å². The number of methoxy groups -OCH3 is 2. The lowest BCUT2D eigenvalue weighted by molar-refractivity contribution is -0.112. The molecule has 0 atom stereocenters. The number of rotatable bonds is 8. The van der Waals surface area contributed by atoms with Gasteiger partial charge in [0, 0.05) is 11.3 Å². The summed E-state index contributed by atoms with van der Waals surface area (Å²) >= 11 is 0. The quantitative estimate of drug-likeness (QED) is 0.402. The molecule has 3 aromatic carbocycles. The Labute approximate surface area is 185 Å². The third kappa shape index (κ3) is 5.64. The second-order valence-corrected chi connectivity index (χ2v) is 6.64. The molecule has 0 saturated carbocycles. The zero-order chi connectivity index (χ0) is 22.9. The molecular weight excluding hydrogens is 411 g/mol. The van der Waals surface area contributed by atoms with Crippen molar-refractivity contribution in [2.24, 2.45) is 0 Å². The predicted octanol–water partition coefficient (Wildman–Crippen LogP) is 4.97. The van der Waals surface area contributed by atoms with E-state index in [9.17, 15) is 14.4 Å². The molecule has 0 aliphatic rings. The summed E-state index contributed by atoms with van der Waals surface area (Å²) in [5.41, 5.74) is 1.44. The second kappa shape index (κ2) is 10.6. The van der Waals surface area contributed by atoms with Crippen molar-refractivity contribution in [3.63, 3.8) is 0 Å². The Morgan fingerprint density at radius 3 is 2.44 bits per heavy atom. The fraction of sp³-hybridized carbons (Fsp3) is 0.120. The van der Waals surface area contributed by atoms with E-state index >= 15 is 0 Å². The molecule has 0 radical (unpaired) electrons. The number of amides is 1. The first-order valence-corrected chi connectivity index (χ1v) is 9.65. The number of carbonyl (C=O) groups is 1. The molecule has 0 bridgehead atoms. The highest BCUT2D eigenvalue weighted by Crippen LogP contribution is 2.30. The van der Waals surface area contributed by atoms with Crippen molar-refractivity contribution in [2.45, 2.75) is 6.61 Å². The predicted molar refractivity (Wildman–Crippen MR) is 119 cm³/mol. The van der Waals surface area contributed by atoms with Crippen LogP contribution in [0, 0.1) is 17.1 Å². The van der Waals surface area contributed by atoms with Gasteiger partial charge < -0.3 is 19.5 Å². The van der Waals surface area contributed by atoms with Crippen LogP contribution in [0.5, 0.6) is 17.2 Å². The Morgan fingerprint density at radius 1 is 1.03 bits per heavy atom. The zero-order valence-electron chi connectivity index (χ0n) is 17.6. The molecule has 0 spiro atoms. The highest BCUT2D eigenvalue weighted by molar-refractivity contribution is 6.09. The van der Waals surface area contributed by atoms with Gasteiger partial charge in [0.2, 0.25) is 0 Å². The standard InChI is InChI=1S/C25H21FN2O4/c1-30-21-10-8-20(9-11-21)28-25(29)19(15-27)13-17-7-12-23(24(14-17)31-2)32-16-18-5-3-4-6-22(18)26/h3-14H,16H2,1-2H3,(H,28,29)/b19-13-. The summed E-state index contributed by atoms with van der Waals surface area (Å²) in [6, 6.07) is 20.0. The summed E-state index contributed by atoms with van der Waals surface area (Å²) in [5, 5.41) is 12.1. The van der Waals surface area contributed by atoms with Crippen LogP contribution in [0.3, 0.4) is 0 Å². The molecule has 3 aromatic rings. The third-order valence-corrected chi connectivity index (χ3v) is 4.55. The van der Waals surface area contributed by atoms with E-state index in [0.717, 1.165) is 0 Å². The van der Waals surface area contributed by atoms with Crippen LogP contribution in [0.1, 0.15) is 11.1 Å². The summed E-state index contributed by atoms with van der Waals surface area (Å²) in [5.74, 6) is 0.560. The van der Waals surface area contributed by atoms with Crippen LogP contribution in [-0.4, -0.2) is 20.1 Å². The number of hydrogen-bond donors (Lipinski definition) is 1. The average Bonchev–Trinajstić information content (AvgIpc) is 2.82. The number of carbonyl (C=O) groups excluding carboxylic acids is 1. The van der Waals surface area contributed by atoms with Gasteiger partial charge in [0.05, 0.1) is 14.2 Å². The van der Waals surface area contributed by atoms with Crippen molar-refractivity contribution >= 4 is 17.7 Å². The van der Waals surface area contributed by atoms with E-state index in [4.69, 9.17) is 14.2 Å². The fourth-order valence-corrected chi connectivity index (χ4v) is 2.85. The molecule has 0 aliphatic carbocycles. The molecule has 0 aromatic heterocycles. The van der Waals surface area contributed by atoms with Gasteiger partial charge >= 0.3 is 0 Å². The summed E-state index contributed by atoms with van der Waals surface area (Å²) in [7, 11) is 3.02. The average molecular weight is 432 g/mol. The molecular formula is C25H21FN2O4. The Balaban J connectivity index is 1.74. The number of benzene rings is 3. The van der Waals surface area contributed by atoms with E-state index in [1.54, 1.807) is 67.8 Å². The number of anilines is 1. The minimum atomic E-state index is -0.545. The number of ether oxygens (including phenoxy) is 3. The van der Waals surface area contributed by atoms with Gasteiger partial charge in [-0.1, -0.05) is 24.3 Å². The topological polar surface area (TPSA) is 80.6 Å². The molecule has 0 unspecified atom stereocenters. The maximum atomic E-state index is 13.8. The van der Waals surface area contributed by atoms with Crippen molar-refractivity contribution < 1.29 is 23.4 Å². The van der Waals surface area contributed by atoms with Gasteiger partial charge in [-0.25, -0.2) is 4.39 Å². The van der Waals surface area contributed by atoms with Crippen molar-refractivity contribution in [3.05, 3.63) is 89.2 Å². The van der Waals surface area contributed by atoms with Crippen LogP contribution in [0.4, 0.5) is 10.1 Å². The van der Waals surface area contributed by atoms with E-state index in [2.05, 4.69) is 5.32 Å². The Kier molecular flexibility index (Phi) is 7.44. The SMILES string of the molecule is COc1ccc(NC(=O)/C(C#N)=C\c2ccc(OCc3ccccc3F)c(OC)c2)cc1. The molecule has 1 N–H and O–H groups in total. The first kappa shape index (κ1) is 22.4. The minimum Gasteiger partial charge on any atom is -0.497 e. The summed E-state index contributed by atoms with van der Waals surface area (Å²) < 4.78 is 29.9. The number of nitrogens with zero attached hydrogens (tertiary/aromatic N) is 1. The lowest BCUT2D eigenvalue weighted by Gasteiger charge is -2.12. The molecule has 0 fully saturated rings. The van der Waals surface area contributed by atoms with Crippen molar-refractivity contribution in [1.82, 2.24) is 0 Å². The lowest BCUT2D eigenvalue weighted by atomic mass is 10.1. The zero-order valence-corrected chi connectivity index (χ0v) is 17.6. The van der Waals surface area contributed by atoms with E-state index in [0.29, 0.717) is 34.1 Å². The smallest absolute Gasteiger partial charge is 0.266 e. The number of nitrogens with one attached hydrogen (secondary N) is 1. The lowest BCUT2D eigenvalue weighted by Crippen LogP contribution is -2.13. The summed E-state index contributed by atoms with van der Waals surface area (Å²) in [6.07, 6.45) is 1.45. The fourth-order valence-electron chi connectivity index (χ4n) is 2.85. The molecule has 162 valence electrons. The van der Waals surface area contributed by atoms with E-state index in [1.807, 2.05) is 6.07 Å². The summed E-state index contributed by atoms with van der Waals surface area (Å²) in [6.45, 7) is 0.0337. The van der Waals surface area contributed by atoms with Gasteiger partial charge in [-0.3, -0.25) is 4.79 Å². The maximum Gasteiger partial charge on any atom is 0.266 e. The monoisotopic (exact) mass is 432 g/mol. The molecule has 0 aliphatic heterocycles. The van der Waals surface area contributed by atoms with Gasteiger partial charge in [0.1, 0.15) is 29.8 Å². The highest BCUT2D eigenvalue weighted by Gasteiger charge is 2.12. The van der Waals surface area contributed by atoms with Gasteiger partial charge in [0.15, 0.2) is 11.5 Å². The Morgan fingerprint density at radius 2 is 1.78 bits per heavy atom.